The summed E-state index contributed by atoms with van der Waals surface area (Å²) in [5.41, 5.74) is 0. The predicted octanol–water partition coefficient (Wildman–Crippen LogP) is 1.54. The topological polar surface area (TPSA) is 77.9 Å². The second-order valence-electron chi connectivity index (χ2n) is 5.20. The maximum absolute atomic E-state index is 12.7. The van der Waals surface area contributed by atoms with Crippen molar-refractivity contribution in [2.75, 3.05) is 36.2 Å². The van der Waals surface area contributed by atoms with Crippen molar-refractivity contribution in [3.63, 3.8) is 0 Å². The Balaban J connectivity index is 1.73. The molecule has 1 aromatic rings. The smallest absolute Gasteiger partial charge is 0.345 e. The molecule has 3 rings (SSSR count). The molecule has 0 radical (unpaired) electrons. The van der Waals surface area contributed by atoms with Crippen molar-refractivity contribution in [3.05, 3.63) is 21.9 Å². The highest BCUT2D eigenvalue weighted by Crippen LogP contribution is 2.27. The van der Waals surface area contributed by atoms with E-state index < -0.39 is 12.0 Å². The van der Waals surface area contributed by atoms with Gasteiger partial charge in [-0.1, -0.05) is 0 Å². The zero-order valence-electron chi connectivity index (χ0n) is 12.3. The van der Waals surface area contributed by atoms with Gasteiger partial charge in [-0.2, -0.15) is 11.8 Å². The number of aromatic carboxylic acids is 1. The molecule has 0 aromatic carbocycles. The van der Waals surface area contributed by atoms with Crippen LogP contribution in [0, 0.1) is 0 Å². The second-order valence-corrected chi connectivity index (χ2v) is 8.51. The van der Waals surface area contributed by atoms with Gasteiger partial charge in [-0.25, -0.2) is 4.79 Å². The van der Waals surface area contributed by atoms with Crippen LogP contribution in [0.15, 0.2) is 12.1 Å². The molecule has 1 unspecified atom stereocenters. The van der Waals surface area contributed by atoms with E-state index in [0.29, 0.717) is 16.5 Å². The molecule has 0 bridgehead atoms. The van der Waals surface area contributed by atoms with Crippen LogP contribution in [0.5, 0.6) is 0 Å². The van der Waals surface area contributed by atoms with Crippen LogP contribution in [0.25, 0.3) is 0 Å². The fourth-order valence-corrected chi connectivity index (χ4v) is 5.40. The Morgan fingerprint density at radius 2 is 1.78 bits per heavy atom. The Kier molecular flexibility index (Phi) is 5.17. The zero-order valence-corrected chi connectivity index (χ0v) is 14.7. The number of carbonyl (C=O) groups excluding carboxylic acids is 2. The van der Waals surface area contributed by atoms with Crippen molar-refractivity contribution >= 4 is 52.6 Å². The maximum Gasteiger partial charge on any atom is 0.345 e. The number of amides is 2. The van der Waals surface area contributed by atoms with Gasteiger partial charge in [0.15, 0.2) is 0 Å². The van der Waals surface area contributed by atoms with Gasteiger partial charge in [0.05, 0.1) is 10.8 Å². The fraction of sp³-hybridized carbons (Fsp3) is 0.500. The molecule has 23 heavy (non-hydrogen) atoms. The largest absolute Gasteiger partial charge is 0.477 e. The van der Waals surface area contributed by atoms with Gasteiger partial charge in [0.2, 0.25) is 5.91 Å². The number of thiophene rings is 1. The Hall–Kier alpha value is -1.19. The molecule has 2 aliphatic heterocycles. The van der Waals surface area contributed by atoms with E-state index in [1.165, 1.54) is 12.1 Å². The van der Waals surface area contributed by atoms with Crippen LogP contribution in [0.2, 0.25) is 0 Å². The van der Waals surface area contributed by atoms with Crippen LogP contribution < -0.4 is 0 Å². The summed E-state index contributed by atoms with van der Waals surface area (Å²) < 4.78 is 0. The van der Waals surface area contributed by atoms with E-state index in [1.807, 2.05) is 16.7 Å². The van der Waals surface area contributed by atoms with Crippen molar-refractivity contribution in [2.45, 2.75) is 6.04 Å². The molecule has 1 atom stereocenters. The molecule has 1 aromatic heterocycles. The van der Waals surface area contributed by atoms with E-state index in [9.17, 15) is 14.4 Å². The summed E-state index contributed by atoms with van der Waals surface area (Å²) in [6.45, 7) is 1.46. The molecule has 6 nitrogen and oxygen atoms in total. The van der Waals surface area contributed by atoms with Gasteiger partial charge in [-0.05, 0) is 12.1 Å². The summed E-state index contributed by atoms with van der Waals surface area (Å²) in [5.74, 6) is 1.67. The third-order valence-corrected chi connectivity index (χ3v) is 6.79. The molecule has 2 aliphatic rings. The first kappa shape index (κ1) is 16.7. The number of carboxylic acids is 1. The molecular weight excluding hydrogens is 356 g/mol. The Morgan fingerprint density at radius 3 is 2.43 bits per heavy atom. The molecule has 124 valence electrons. The predicted molar refractivity (Wildman–Crippen MR) is 92.5 cm³/mol. The summed E-state index contributed by atoms with van der Waals surface area (Å²) in [5, 5.41) is 8.97. The maximum atomic E-state index is 12.7. The van der Waals surface area contributed by atoms with Crippen LogP contribution in [-0.4, -0.2) is 75.0 Å². The summed E-state index contributed by atoms with van der Waals surface area (Å²) in [4.78, 5) is 40.2. The van der Waals surface area contributed by atoms with Crippen LogP contribution in [0.4, 0.5) is 0 Å². The van der Waals surface area contributed by atoms with E-state index in [2.05, 4.69) is 0 Å². The molecule has 0 spiro atoms. The minimum absolute atomic E-state index is 0.0127. The van der Waals surface area contributed by atoms with Gasteiger partial charge in [-0.15, -0.1) is 23.1 Å². The zero-order chi connectivity index (χ0) is 16.4. The van der Waals surface area contributed by atoms with Crippen molar-refractivity contribution < 1.29 is 19.5 Å². The standard InChI is InChI=1S/C14H16N2O4S3/c17-12(15-3-5-21-6-4-15)9-7-22-8-16(9)13(18)10-1-2-11(23-10)14(19)20/h1-2,9H,3-8H2,(H,19,20). The molecule has 0 saturated carbocycles. The van der Waals surface area contributed by atoms with E-state index in [-0.39, 0.29) is 16.7 Å². The van der Waals surface area contributed by atoms with Gasteiger partial charge in [0, 0.05) is 30.3 Å². The van der Waals surface area contributed by atoms with Crippen LogP contribution in [0.1, 0.15) is 19.3 Å². The van der Waals surface area contributed by atoms with Crippen molar-refractivity contribution in [1.29, 1.82) is 0 Å². The SMILES string of the molecule is O=C(O)c1ccc(C(=O)N2CSCC2C(=O)N2CCSCC2)s1. The molecule has 0 aliphatic carbocycles. The van der Waals surface area contributed by atoms with Gasteiger partial charge in [0.25, 0.3) is 5.91 Å². The Labute approximate surface area is 146 Å². The summed E-state index contributed by atoms with van der Waals surface area (Å²) in [6.07, 6.45) is 0. The first-order valence-electron chi connectivity index (χ1n) is 7.16. The molecule has 2 saturated heterocycles. The highest BCUT2D eigenvalue weighted by Gasteiger charge is 2.38. The van der Waals surface area contributed by atoms with Crippen LogP contribution in [-0.2, 0) is 4.79 Å². The normalized spacial score (nSPS) is 21.5. The molecule has 3 heterocycles. The Morgan fingerprint density at radius 1 is 1.09 bits per heavy atom. The number of rotatable bonds is 3. The second kappa shape index (κ2) is 7.14. The van der Waals surface area contributed by atoms with Gasteiger partial charge >= 0.3 is 5.97 Å². The number of hydrogen-bond acceptors (Lipinski definition) is 6. The van der Waals surface area contributed by atoms with Crippen LogP contribution in [0.3, 0.4) is 0 Å². The number of thioether (sulfide) groups is 2. The van der Waals surface area contributed by atoms with Gasteiger partial charge in [-0.3, -0.25) is 9.59 Å². The highest BCUT2D eigenvalue weighted by molar-refractivity contribution is 7.99. The summed E-state index contributed by atoms with van der Waals surface area (Å²) in [7, 11) is 0. The molecule has 1 N–H and O–H groups in total. The van der Waals surface area contributed by atoms with E-state index in [4.69, 9.17) is 5.11 Å². The minimum Gasteiger partial charge on any atom is -0.477 e. The van der Waals surface area contributed by atoms with Crippen molar-refractivity contribution in [2.24, 2.45) is 0 Å². The lowest BCUT2D eigenvalue weighted by Gasteiger charge is -2.31. The lowest BCUT2D eigenvalue weighted by atomic mass is 10.2. The first-order valence-corrected chi connectivity index (χ1v) is 10.3. The average molecular weight is 372 g/mol. The lowest BCUT2D eigenvalue weighted by Crippen LogP contribution is -2.51. The summed E-state index contributed by atoms with van der Waals surface area (Å²) >= 11 is 4.35. The number of carboxylic acid groups (broad SMARTS) is 1. The number of carbonyl (C=O) groups is 3. The van der Waals surface area contributed by atoms with Crippen molar-refractivity contribution in [3.8, 4) is 0 Å². The van der Waals surface area contributed by atoms with E-state index in [1.54, 1.807) is 16.7 Å². The average Bonchev–Trinajstić information content (AvgIpc) is 3.23. The van der Waals surface area contributed by atoms with Gasteiger partial charge < -0.3 is 14.9 Å². The Bertz CT molecular complexity index is 627. The molecule has 9 heteroatoms. The number of hydrogen-bond donors (Lipinski definition) is 1. The van der Waals surface area contributed by atoms with Crippen LogP contribution >= 0.6 is 34.9 Å². The molecule has 2 amide bonds. The van der Waals surface area contributed by atoms with E-state index in [0.717, 1.165) is 35.9 Å². The van der Waals surface area contributed by atoms with Gasteiger partial charge in [0.1, 0.15) is 10.9 Å². The molecular formula is C14H16N2O4S3. The third-order valence-electron chi connectivity index (χ3n) is 3.78. The highest BCUT2D eigenvalue weighted by atomic mass is 32.2. The third kappa shape index (κ3) is 3.51. The molecule has 2 fully saturated rings. The van der Waals surface area contributed by atoms with E-state index >= 15 is 0 Å². The van der Waals surface area contributed by atoms with Crippen molar-refractivity contribution in [1.82, 2.24) is 9.80 Å². The number of nitrogens with zero attached hydrogens (tertiary/aromatic N) is 2. The first-order chi connectivity index (χ1) is 11.1. The quantitative estimate of drug-likeness (QED) is 0.867. The lowest BCUT2D eigenvalue weighted by molar-refractivity contribution is -0.134. The minimum atomic E-state index is -1.04. The summed E-state index contributed by atoms with van der Waals surface area (Å²) in [6, 6.07) is 2.52. The fourth-order valence-electron chi connectivity index (χ4n) is 2.55. The monoisotopic (exact) mass is 372 g/mol.